The normalized spacial score (nSPS) is 14.2. The fraction of sp³-hybridized carbons (Fsp3) is 0.455. The predicted molar refractivity (Wildman–Crippen MR) is 67.5 cm³/mol. The molecular weight excluding hydrogens is 260 g/mol. The van der Waals surface area contributed by atoms with Gasteiger partial charge in [-0.05, 0) is 13.0 Å². The molecule has 1 aromatic carbocycles. The summed E-state index contributed by atoms with van der Waals surface area (Å²) in [7, 11) is 0. The van der Waals surface area contributed by atoms with E-state index < -0.39 is 17.1 Å². The Labute approximate surface area is 109 Å². The van der Waals surface area contributed by atoms with E-state index in [1.165, 1.54) is 19.1 Å². The SMILES string of the molecule is CC(O)(CO)CNCc1c(Cl)cccc1[N+](=O)[O-]. The van der Waals surface area contributed by atoms with Crippen molar-refractivity contribution >= 4 is 17.3 Å². The Morgan fingerprint density at radius 1 is 1.56 bits per heavy atom. The highest BCUT2D eigenvalue weighted by Gasteiger charge is 2.20. The van der Waals surface area contributed by atoms with E-state index in [4.69, 9.17) is 16.7 Å². The van der Waals surface area contributed by atoms with Crippen molar-refractivity contribution in [3.05, 3.63) is 38.9 Å². The maximum atomic E-state index is 10.8. The van der Waals surface area contributed by atoms with Crippen LogP contribution < -0.4 is 5.32 Å². The summed E-state index contributed by atoms with van der Waals surface area (Å²) >= 11 is 5.90. The molecule has 0 spiro atoms. The lowest BCUT2D eigenvalue weighted by atomic mass is 10.1. The molecule has 1 unspecified atom stereocenters. The van der Waals surface area contributed by atoms with Gasteiger partial charge in [-0.15, -0.1) is 0 Å². The summed E-state index contributed by atoms with van der Waals surface area (Å²) in [5, 5.41) is 32.4. The molecule has 0 saturated heterocycles. The van der Waals surface area contributed by atoms with Crippen molar-refractivity contribution in [2.45, 2.75) is 19.1 Å². The summed E-state index contributed by atoms with van der Waals surface area (Å²) in [6.07, 6.45) is 0. The van der Waals surface area contributed by atoms with E-state index in [1.54, 1.807) is 6.07 Å². The minimum atomic E-state index is -1.27. The lowest BCUT2D eigenvalue weighted by Crippen LogP contribution is -2.40. The third kappa shape index (κ3) is 3.92. The molecule has 3 N–H and O–H groups in total. The van der Waals surface area contributed by atoms with Crippen LogP contribution in [0.25, 0.3) is 0 Å². The molecule has 6 nitrogen and oxygen atoms in total. The van der Waals surface area contributed by atoms with Gasteiger partial charge in [0.25, 0.3) is 5.69 Å². The lowest BCUT2D eigenvalue weighted by Gasteiger charge is -2.20. The average Bonchev–Trinajstić information content (AvgIpc) is 2.30. The Balaban J connectivity index is 2.76. The van der Waals surface area contributed by atoms with Gasteiger partial charge in [-0.25, -0.2) is 0 Å². The molecular formula is C11H15ClN2O4. The number of nitrogens with one attached hydrogen (secondary N) is 1. The lowest BCUT2D eigenvalue weighted by molar-refractivity contribution is -0.385. The highest BCUT2D eigenvalue weighted by Crippen LogP contribution is 2.25. The van der Waals surface area contributed by atoms with Gasteiger partial charge in [0.15, 0.2) is 0 Å². The van der Waals surface area contributed by atoms with Crippen LogP contribution in [0.2, 0.25) is 5.02 Å². The summed E-state index contributed by atoms with van der Waals surface area (Å²) < 4.78 is 0. The van der Waals surface area contributed by atoms with Crippen LogP contribution >= 0.6 is 11.6 Å². The highest BCUT2D eigenvalue weighted by atomic mass is 35.5. The molecule has 7 heteroatoms. The predicted octanol–water partition coefficient (Wildman–Crippen LogP) is 1.08. The Kier molecular flexibility index (Phi) is 5.03. The van der Waals surface area contributed by atoms with Crippen LogP contribution in [0.5, 0.6) is 0 Å². The van der Waals surface area contributed by atoms with E-state index in [0.717, 1.165) is 0 Å². The van der Waals surface area contributed by atoms with Gasteiger partial charge >= 0.3 is 0 Å². The molecule has 0 amide bonds. The fourth-order valence-electron chi connectivity index (χ4n) is 1.41. The Morgan fingerprint density at radius 3 is 2.78 bits per heavy atom. The van der Waals surface area contributed by atoms with E-state index in [9.17, 15) is 15.2 Å². The molecule has 0 aliphatic rings. The maximum Gasteiger partial charge on any atom is 0.275 e. The maximum absolute atomic E-state index is 10.8. The number of hydrogen-bond donors (Lipinski definition) is 3. The molecule has 18 heavy (non-hydrogen) atoms. The zero-order chi connectivity index (χ0) is 13.8. The first-order valence-corrected chi connectivity index (χ1v) is 5.71. The summed E-state index contributed by atoms with van der Waals surface area (Å²) in [5.74, 6) is 0. The number of halogens is 1. The third-order valence-electron chi connectivity index (χ3n) is 2.44. The molecule has 100 valence electrons. The number of benzene rings is 1. The van der Waals surface area contributed by atoms with E-state index in [-0.39, 0.29) is 18.8 Å². The molecule has 0 fully saturated rings. The van der Waals surface area contributed by atoms with Crippen LogP contribution in [-0.2, 0) is 6.54 Å². The van der Waals surface area contributed by atoms with Gasteiger partial charge < -0.3 is 15.5 Å². The number of hydrogen-bond acceptors (Lipinski definition) is 5. The molecule has 0 radical (unpaired) electrons. The quantitative estimate of drug-likeness (QED) is 0.533. The fourth-order valence-corrected chi connectivity index (χ4v) is 1.64. The second-order valence-electron chi connectivity index (χ2n) is 4.25. The standard InChI is InChI=1S/C11H15ClN2O4/c1-11(16,7-15)6-13-5-8-9(12)3-2-4-10(8)14(17)18/h2-4,13,15-16H,5-7H2,1H3. The summed E-state index contributed by atoms with van der Waals surface area (Å²) in [6.45, 7) is 1.31. The molecule has 0 saturated carbocycles. The van der Waals surface area contributed by atoms with Gasteiger partial charge in [-0.1, -0.05) is 17.7 Å². The summed E-state index contributed by atoms with van der Waals surface area (Å²) in [6, 6.07) is 4.44. The molecule has 0 aliphatic heterocycles. The molecule has 1 atom stereocenters. The molecule has 0 aromatic heterocycles. The molecule has 0 aliphatic carbocycles. The van der Waals surface area contributed by atoms with Crippen LogP contribution in [0.1, 0.15) is 12.5 Å². The second kappa shape index (κ2) is 6.10. The minimum Gasteiger partial charge on any atom is -0.393 e. The first-order chi connectivity index (χ1) is 8.37. The smallest absolute Gasteiger partial charge is 0.275 e. The van der Waals surface area contributed by atoms with Crippen molar-refractivity contribution in [3.8, 4) is 0 Å². The number of rotatable bonds is 6. The monoisotopic (exact) mass is 274 g/mol. The third-order valence-corrected chi connectivity index (χ3v) is 2.79. The van der Waals surface area contributed by atoms with Crippen molar-refractivity contribution in [2.75, 3.05) is 13.2 Å². The van der Waals surface area contributed by atoms with E-state index in [0.29, 0.717) is 10.6 Å². The van der Waals surface area contributed by atoms with E-state index in [2.05, 4.69) is 5.32 Å². The number of aliphatic hydroxyl groups is 2. The van der Waals surface area contributed by atoms with Crippen LogP contribution in [-0.4, -0.2) is 33.9 Å². The first-order valence-electron chi connectivity index (χ1n) is 5.33. The van der Waals surface area contributed by atoms with Crippen molar-refractivity contribution < 1.29 is 15.1 Å². The zero-order valence-electron chi connectivity index (χ0n) is 9.89. The van der Waals surface area contributed by atoms with Crippen molar-refractivity contribution in [1.29, 1.82) is 0 Å². The average molecular weight is 275 g/mol. The summed E-state index contributed by atoms with van der Waals surface area (Å²) in [5.41, 5.74) is -0.979. The van der Waals surface area contributed by atoms with Crippen LogP contribution in [0.15, 0.2) is 18.2 Å². The summed E-state index contributed by atoms with van der Waals surface area (Å²) in [4.78, 5) is 10.3. The topological polar surface area (TPSA) is 95.6 Å². The zero-order valence-corrected chi connectivity index (χ0v) is 10.6. The number of nitro benzene ring substituents is 1. The first kappa shape index (κ1) is 14.8. The Morgan fingerprint density at radius 2 is 2.22 bits per heavy atom. The van der Waals surface area contributed by atoms with Crippen LogP contribution in [0.4, 0.5) is 5.69 Å². The second-order valence-corrected chi connectivity index (χ2v) is 4.66. The molecule has 1 rings (SSSR count). The molecule has 0 heterocycles. The minimum absolute atomic E-state index is 0.0707. The highest BCUT2D eigenvalue weighted by molar-refractivity contribution is 6.31. The van der Waals surface area contributed by atoms with Crippen molar-refractivity contribution in [2.24, 2.45) is 0 Å². The van der Waals surface area contributed by atoms with Gasteiger partial charge in [0, 0.05) is 19.2 Å². The van der Waals surface area contributed by atoms with Crippen LogP contribution in [0, 0.1) is 10.1 Å². The number of aliphatic hydroxyl groups excluding tert-OH is 1. The molecule has 0 bridgehead atoms. The number of nitrogens with zero attached hydrogens (tertiary/aromatic N) is 1. The van der Waals surface area contributed by atoms with E-state index >= 15 is 0 Å². The Bertz CT molecular complexity index is 437. The largest absolute Gasteiger partial charge is 0.393 e. The van der Waals surface area contributed by atoms with Gasteiger partial charge in [-0.3, -0.25) is 10.1 Å². The van der Waals surface area contributed by atoms with Gasteiger partial charge in [-0.2, -0.15) is 0 Å². The molecule has 1 aromatic rings. The number of nitro groups is 1. The van der Waals surface area contributed by atoms with Crippen LogP contribution in [0.3, 0.4) is 0 Å². The van der Waals surface area contributed by atoms with E-state index in [1.807, 2.05) is 0 Å². The Hall–Kier alpha value is -1.21. The van der Waals surface area contributed by atoms with Gasteiger partial charge in [0.05, 0.1) is 27.7 Å². The van der Waals surface area contributed by atoms with Crippen molar-refractivity contribution in [1.82, 2.24) is 5.32 Å². The van der Waals surface area contributed by atoms with Gasteiger partial charge in [0.1, 0.15) is 0 Å². The van der Waals surface area contributed by atoms with Gasteiger partial charge in [0.2, 0.25) is 0 Å². The van der Waals surface area contributed by atoms with Crippen molar-refractivity contribution in [3.63, 3.8) is 0 Å².